The summed E-state index contributed by atoms with van der Waals surface area (Å²) in [6.45, 7) is 3.93. The van der Waals surface area contributed by atoms with Crippen LogP contribution in [0, 0.1) is 5.92 Å². The number of ether oxygens (including phenoxy) is 1. The molecule has 5 heteroatoms. The van der Waals surface area contributed by atoms with Crippen molar-refractivity contribution >= 4 is 17.8 Å². The molecular formula is C20H25NO4. The fraction of sp³-hybridized carbons (Fsp3) is 0.450. The summed E-state index contributed by atoms with van der Waals surface area (Å²) in [5, 5.41) is 0. The Balaban J connectivity index is 2.06. The molecule has 0 spiro atoms. The van der Waals surface area contributed by atoms with Crippen LogP contribution in [-0.2, 0) is 20.7 Å². The van der Waals surface area contributed by atoms with Gasteiger partial charge in [-0.2, -0.15) is 0 Å². The monoisotopic (exact) mass is 343 g/mol. The molecule has 0 aliphatic carbocycles. The van der Waals surface area contributed by atoms with Crippen molar-refractivity contribution in [2.75, 3.05) is 6.61 Å². The summed E-state index contributed by atoms with van der Waals surface area (Å²) < 4.78 is 5.12. The molecule has 2 rings (SSSR count). The van der Waals surface area contributed by atoms with E-state index in [0.717, 1.165) is 5.56 Å². The molecule has 1 heterocycles. The quantitative estimate of drug-likeness (QED) is 0.677. The molecule has 1 fully saturated rings. The molecule has 1 aliphatic rings. The van der Waals surface area contributed by atoms with Gasteiger partial charge in [0.2, 0.25) is 5.91 Å². The molecule has 1 aromatic carbocycles. The summed E-state index contributed by atoms with van der Waals surface area (Å²) in [4.78, 5) is 37.5. The first-order valence-corrected chi connectivity index (χ1v) is 8.79. The number of ketones is 1. The lowest BCUT2D eigenvalue weighted by atomic mass is 9.98. The van der Waals surface area contributed by atoms with Gasteiger partial charge in [-0.1, -0.05) is 50.3 Å². The van der Waals surface area contributed by atoms with E-state index in [4.69, 9.17) is 4.74 Å². The maximum absolute atomic E-state index is 12.8. The Kier molecular flexibility index (Phi) is 6.92. The normalized spacial score (nSPS) is 18.4. The van der Waals surface area contributed by atoms with E-state index in [9.17, 15) is 14.4 Å². The zero-order chi connectivity index (χ0) is 18.2. The summed E-state index contributed by atoms with van der Waals surface area (Å²) in [5.74, 6) is -0.519. The van der Waals surface area contributed by atoms with Crippen LogP contribution >= 0.6 is 0 Å². The van der Waals surface area contributed by atoms with E-state index in [2.05, 4.69) is 0 Å². The van der Waals surface area contributed by atoms with E-state index in [1.807, 2.05) is 37.3 Å². The molecule has 134 valence electrons. The van der Waals surface area contributed by atoms with Gasteiger partial charge in [-0.05, 0) is 30.9 Å². The molecule has 0 unspecified atom stereocenters. The number of allylic oxidation sites excluding steroid dienone is 2. The molecular weight excluding hydrogens is 318 g/mol. The fourth-order valence-corrected chi connectivity index (χ4v) is 2.89. The second-order valence-corrected chi connectivity index (χ2v) is 6.19. The first kappa shape index (κ1) is 18.9. The zero-order valence-electron chi connectivity index (χ0n) is 14.8. The minimum Gasteiger partial charge on any atom is -0.447 e. The van der Waals surface area contributed by atoms with Crippen LogP contribution in [0.25, 0.3) is 0 Å². The summed E-state index contributed by atoms with van der Waals surface area (Å²) in [7, 11) is 0. The number of cyclic esters (lactones) is 1. The predicted octanol–water partition coefficient (Wildman–Crippen LogP) is 3.53. The third-order valence-corrected chi connectivity index (χ3v) is 4.43. The fourth-order valence-electron chi connectivity index (χ4n) is 2.89. The molecule has 2 amide bonds. The molecule has 1 saturated heterocycles. The molecule has 5 nitrogen and oxygen atoms in total. The number of benzene rings is 1. The number of hydrogen-bond donors (Lipinski definition) is 0. The Morgan fingerprint density at radius 2 is 2.00 bits per heavy atom. The third-order valence-electron chi connectivity index (χ3n) is 4.43. The van der Waals surface area contributed by atoms with Crippen molar-refractivity contribution in [3.8, 4) is 0 Å². The molecule has 0 aromatic heterocycles. The van der Waals surface area contributed by atoms with Crippen molar-refractivity contribution < 1.29 is 19.1 Å². The highest BCUT2D eigenvalue weighted by Crippen LogP contribution is 2.23. The van der Waals surface area contributed by atoms with Crippen molar-refractivity contribution in [1.29, 1.82) is 0 Å². The average Bonchev–Trinajstić information content (AvgIpc) is 2.99. The smallest absolute Gasteiger partial charge is 0.416 e. The predicted molar refractivity (Wildman–Crippen MR) is 95.0 cm³/mol. The number of rotatable bonds is 8. The van der Waals surface area contributed by atoms with Gasteiger partial charge in [-0.3, -0.25) is 9.59 Å². The Morgan fingerprint density at radius 3 is 2.64 bits per heavy atom. The second kappa shape index (κ2) is 9.16. The number of amides is 2. The Labute approximate surface area is 148 Å². The maximum Gasteiger partial charge on any atom is 0.416 e. The Bertz CT molecular complexity index is 638. The van der Waals surface area contributed by atoms with Gasteiger partial charge in [0.05, 0.1) is 6.04 Å². The average molecular weight is 343 g/mol. The van der Waals surface area contributed by atoms with Crippen molar-refractivity contribution in [3.05, 3.63) is 48.0 Å². The Morgan fingerprint density at radius 1 is 1.28 bits per heavy atom. The summed E-state index contributed by atoms with van der Waals surface area (Å²) in [5.41, 5.74) is 1.06. The van der Waals surface area contributed by atoms with E-state index >= 15 is 0 Å². The minimum atomic E-state index is -0.571. The van der Waals surface area contributed by atoms with Crippen LogP contribution in [0.5, 0.6) is 0 Å². The number of hydrogen-bond acceptors (Lipinski definition) is 4. The highest BCUT2D eigenvalue weighted by atomic mass is 16.6. The number of imide groups is 1. The lowest BCUT2D eigenvalue weighted by molar-refractivity contribution is -0.133. The van der Waals surface area contributed by atoms with Crippen LogP contribution in [0.15, 0.2) is 42.5 Å². The summed E-state index contributed by atoms with van der Waals surface area (Å²) >= 11 is 0. The largest absolute Gasteiger partial charge is 0.447 e. The molecule has 1 aliphatic heterocycles. The molecule has 0 radical (unpaired) electrons. The van der Waals surface area contributed by atoms with Crippen LogP contribution in [-0.4, -0.2) is 35.3 Å². The van der Waals surface area contributed by atoms with E-state index in [0.29, 0.717) is 25.7 Å². The SMILES string of the molecule is CCC(=O)/C=C/C[C@@H](CC)C(=O)N1C(=O)OC[C@@H]1Cc1ccccc1. The van der Waals surface area contributed by atoms with Gasteiger partial charge in [0.15, 0.2) is 5.78 Å². The van der Waals surface area contributed by atoms with Gasteiger partial charge < -0.3 is 4.74 Å². The highest BCUT2D eigenvalue weighted by molar-refractivity contribution is 5.95. The van der Waals surface area contributed by atoms with E-state index < -0.39 is 6.09 Å². The number of carbonyl (C=O) groups is 3. The van der Waals surface area contributed by atoms with E-state index in [-0.39, 0.29) is 30.3 Å². The van der Waals surface area contributed by atoms with Crippen LogP contribution in [0.4, 0.5) is 4.79 Å². The van der Waals surface area contributed by atoms with Gasteiger partial charge in [0, 0.05) is 12.3 Å². The van der Waals surface area contributed by atoms with Crippen molar-refractivity contribution in [2.45, 2.75) is 45.6 Å². The van der Waals surface area contributed by atoms with Crippen LogP contribution in [0.3, 0.4) is 0 Å². The lowest BCUT2D eigenvalue weighted by Crippen LogP contribution is -2.43. The molecule has 0 bridgehead atoms. The topological polar surface area (TPSA) is 63.7 Å². The summed E-state index contributed by atoms with van der Waals surface area (Å²) in [6, 6.07) is 9.47. The zero-order valence-corrected chi connectivity index (χ0v) is 14.8. The van der Waals surface area contributed by atoms with Crippen LogP contribution in [0.2, 0.25) is 0 Å². The number of carbonyl (C=O) groups excluding carboxylic acids is 3. The first-order chi connectivity index (χ1) is 12.1. The minimum absolute atomic E-state index is 0.0323. The lowest BCUT2D eigenvalue weighted by Gasteiger charge is -2.23. The van der Waals surface area contributed by atoms with E-state index in [1.54, 1.807) is 13.0 Å². The maximum atomic E-state index is 12.8. The summed E-state index contributed by atoms with van der Waals surface area (Å²) in [6.07, 6.45) is 4.75. The van der Waals surface area contributed by atoms with Crippen LogP contribution < -0.4 is 0 Å². The number of nitrogens with zero attached hydrogens (tertiary/aromatic N) is 1. The van der Waals surface area contributed by atoms with Crippen molar-refractivity contribution in [1.82, 2.24) is 4.90 Å². The second-order valence-electron chi connectivity index (χ2n) is 6.19. The molecule has 0 saturated carbocycles. The van der Waals surface area contributed by atoms with Gasteiger partial charge in [0.1, 0.15) is 6.61 Å². The van der Waals surface area contributed by atoms with Crippen molar-refractivity contribution in [3.63, 3.8) is 0 Å². The van der Waals surface area contributed by atoms with Gasteiger partial charge in [-0.25, -0.2) is 9.69 Å². The van der Waals surface area contributed by atoms with Gasteiger partial charge in [-0.15, -0.1) is 0 Å². The van der Waals surface area contributed by atoms with Gasteiger partial charge >= 0.3 is 6.09 Å². The van der Waals surface area contributed by atoms with Crippen LogP contribution in [0.1, 0.15) is 38.7 Å². The molecule has 0 N–H and O–H groups in total. The van der Waals surface area contributed by atoms with E-state index in [1.165, 1.54) is 11.0 Å². The molecule has 25 heavy (non-hydrogen) atoms. The molecule has 2 atom stereocenters. The molecule has 1 aromatic rings. The third kappa shape index (κ3) is 5.02. The highest BCUT2D eigenvalue weighted by Gasteiger charge is 2.39. The Hall–Kier alpha value is -2.43. The first-order valence-electron chi connectivity index (χ1n) is 8.79. The standard InChI is InChI=1S/C20H25NO4/c1-3-16(11-8-12-18(22)4-2)19(23)21-17(14-25-20(21)24)13-15-9-6-5-7-10-15/h5-10,12,16-17H,3-4,11,13-14H2,1-2H3/b12-8+/t16-,17+/m1/s1. The van der Waals surface area contributed by atoms with Crippen molar-refractivity contribution in [2.24, 2.45) is 5.92 Å². The van der Waals surface area contributed by atoms with Gasteiger partial charge in [0.25, 0.3) is 0 Å².